The summed E-state index contributed by atoms with van der Waals surface area (Å²) in [6.45, 7) is 3.29. The van der Waals surface area contributed by atoms with Crippen LogP contribution in [0.2, 0.25) is 5.02 Å². The molecule has 0 saturated carbocycles. The number of nitrogens with zero attached hydrogens (tertiary/aromatic N) is 2. The Hall–Kier alpha value is -2.56. The standard InChI is InChI=1S/C18H18ClN3O3S/c1-12-8-13(2)18(16(19)9-12)21-17(23)11-22(26(3,24)25)15-6-4-14(10-20)5-7-15/h4-9H,11H2,1-3H3,(H,21,23). The number of anilines is 2. The van der Waals surface area contributed by atoms with E-state index in [1.165, 1.54) is 24.3 Å². The lowest BCUT2D eigenvalue weighted by atomic mass is 10.1. The van der Waals surface area contributed by atoms with Gasteiger partial charge in [0.05, 0.1) is 34.3 Å². The first-order valence-electron chi connectivity index (χ1n) is 7.66. The molecule has 0 aromatic heterocycles. The van der Waals surface area contributed by atoms with E-state index in [-0.39, 0.29) is 0 Å². The average Bonchev–Trinajstić information content (AvgIpc) is 2.55. The number of hydrogen-bond acceptors (Lipinski definition) is 4. The number of nitrogens with one attached hydrogen (secondary N) is 1. The smallest absolute Gasteiger partial charge is 0.245 e. The van der Waals surface area contributed by atoms with Gasteiger partial charge < -0.3 is 5.32 Å². The Bertz CT molecular complexity index is 957. The summed E-state index contributed by atoms with van der Waals surface area (Å²) in [5, 5.41) is 11.9. The van der Waals surface area contributed by atoms with Crippen LogP contribution in [0.15, 0.2) is 36.4 Å². The summed E-state index contributed by atoms with van der Waals surface area (Å²) in [6, 6.07) is 11.5. The number of hydrogen-bond donors (Lipinski definition) is 1. The zero-order valence-electron chi connectivity index (χ0n) is 14.6. The molecule has 2 aromatic rings. The second-order valence-corrected chi connectivity index (χ2v) is 8.23. The SMILES string of the molecule is Cc1cc(C)c(NC(=O)CN(c2ccc(C#N)cc2)S(C)(=O)=O)c(Cl)c1. The van der Waals surface area contributed by atoms with E-state index in [0.717, 1.165) is 21.7 Å². The fourth-order valence-electron chi connectivity index (χ4n) is 2.49. The second kappa shape index (κ2) is 7.77. The first-order valence-corrected chi connectivity index (χ1v) is 9.89. The Labute approximate surface area is 158 Å². The van der Waals surface area contributed by atoms with E-state index in [9.17, 15) is 13.2 Å². The summed E-state index contributed by atoms with van der Waals surface area (Å²) in [5.41, 5.74) is 2.89. The molecule has 1 N–H and O–H groups in total. The van der Waals surface area contributed by atoms with E-state index in [1.807, 2.05) is 26.0 Å². The van der Waals surface area contributed by atoms with Gasteiger partial charge in [0, 0.05) is 0 Å². The number of nitriles is 1. The molecule has 8 heteroatoms. The van der Waals surface area contributed by atoms with Crippen LogP contribution in [0.5, 0.6) is 0 Å². The van der Waals surface area contributed by atoms with Crippen molar-refractivity contribution in [2.24, 2.45) is 0 Å². The van der Waals surface area contributed by atoms with Crippen LogP contribution in [0.4, 0.5) is 11.4 Å². The van der Waals surface area contributed by atoms with Gasteiger partial charge in [-0.15, -0.1) is 0 Å². The molecule has 0 heterocycles. The quantitative estimate of drug-likeness (QED) is 0.847. The highest BCUT2D eigenvalue weighted by Crippen LogP contribution is 2.27. The van der Waals surface area contributed by atoms with Gasteiger partial charge in [-0.1, -0.05) is 17.7 Å². The van der Waals surface area contributed by atoms with Crippen molar-refractivity contribution < 1.29 is 13.2 Å². The molecule has 0 aliphatic rings. The van der Waals surface area contributed by atoms with Gasteiger partial charge in [-0.05, 0) is 55.3 Å². The minimum atomic E-state index is -3.70. The van der Waals surface area contributed by atoms with Gasteiger partial charge >= 0.3 is 0 Å². The number of rotatable bonds is 5. The van der Waals surface area contributed by atoms with Crippen molar-refractivity contribution in [2.75, 3.05) is 22.4 Å². The molecule has 0 atom stereocenters. The van der Waals surface area contributed by atoms with Crippen LogP contribution in [0.1, 0.15) is 16.7 Å². The van der Waals surface area contributed by atoms with Crippen molar-refractivity contribution in [3.8, 4) is 6.07 Å². The van der Waals surface area contributed by atoms with Gasteiger partial charge in [-0.2, -0.15) is 5.26 Å². The number of sulfonamides is 1. The Kier molecular flexibility index (Phi) is 5.90. The largest absolute Gasteiger partial charge is 0.323 e. The maximum Gasteiger partial charge on any atom is 0.245 e. The van der Waals surface area contributed by atoms with Crippen molar-refractivity contribution in [1.82, 2.24) is 0 Å². The molecule has 0 unspecified atom stereocenters. The second-order valence-electron chi connectivity index (χ2n) is 5.92. The van der Waals surface area contributed by atoms with Gasteiger partial charge in [0.25, 0.3) is 0 Å². The first kappa shape index (κ1) is 19.8. The highest BCUT2D eigenvalue weighted by molar-refractivity contribution is 7.92. The third-order valence-corrected chi connectivity index (χ3v) is 5.11. The molecule has 0 aliphatic heterocycles. The van der Waals surface area contributed by atoms with Crippen LogP contribution in [-0.2, 0) is 14.8 Å². The minimum Gasteiger partial charge on any atom is -0.323 e. The summed E-state index contributed by atoms with van der Waals surface area (Å²) in [5.74, 6) is -0.520. The summed E-state index contributed by atoms with van der Waals surface area (Å²) in [6.07, 6.45) is 1.02. The van der Waals surface area contributed by atoms with Gasteiger partial charge in [-0.25, -0.2) is 8.42 Å². The lowest BCUT2D eigenvalue weighted by Gasteiger charge is -2.22. The van der Waals surface area contributed by atoms with Crippen LogP contribution in [-0.4, -0.2) is 27.1 Å². The minimum absolute atomic E-state index is 0.299. The average molecular weight is 392 g/mol. The number of halogens is 1. The highest BCUT2D eigenvalue weighted by atomic mass is 35.5. The fraction of sp³-hybridized carbons (Fsp3) is 0.222. The molecule has 136 valence electrons. The molecule has 26 heavy (non-hydrogen) atoms. The molecule has 0 spiro atoms. The molecule has 0 fully saturated rings. The third kappa shape index (κ3) is 4.75. The van der Waals surface area contributed by atoms with Crippen LogP contribution < -0.4 is 9.62 Å². The summed E-state index contributed by atoms with van der Waals surface area (Å²) < 4.78 is 25.2. The predicted molar refractivity (Wildman–Crippen MR) is 103 cm³/mol. The Balaban J connectivity index is 2.26. The van der Waals surface area contributed by atoms with E-state index < -0.39 is 22.5 Å². The third-order valence-electron chi connectivity index (χ3n) is 3.67. The summed E-state index contributed by atoms with van der Waals surface area (Å²) >= 11 is 6.18. The monoisotopic (exact) mass is 391 g/mol. The van der Waals surface area contributed by atoms with Gasteiger partial charge in [0.2, 0.25) is 15.9 Å². The molecule has 0 aliphatic carbocycles. The zero-order valence-corrected chi connectivity index (χ0v) is 16.1. The number of carbonyl (C=O) groups is 1. The molecule has 0 radical (unpaired) electrons. The van der Waals surface area contributed by atoms with Crippen molar-refractivity contribution in [3.63, 3.8) is 0 Å². The molecule has 0 bridgehead atoms. The predicted octanol–water partition coefficient (Wildman–Crippen LogP) is 3.23. The van der Waals surface area contributed by atoms with Crippen LogP contribution >= 0.6 is 11.6 Å². The van der Waals surface area contributed by atoms with Gasteiger partial charge in [0.15, 0.2) is 0 Å². The zero-order chi connectivity index (χ0) is 19.5. The van der Waals surface area contributed by atoms with Crippen molar-refractivity contribution in [2.45, 2.75) is 13.8 Å². The van der Waals surface area contributed by atoms with E-state index >= 15 is 0 Å². The van der Waals surface area contributed by atoms with Crippen molar-refractivity contribution in [3.05, 3.63) is 58.1 Å². The van der Waals surface area contributed by atoms with Crippen LogP contribution in [0.3, 0.4) is 0 Å². The fourth-order valence-corrected chi connectivity index (χ4v) is 3.71. The van der Waals surface area contributed by atoms with Gasteiger partial charge in [-0.3, -0.25) is 9.10 Å². The molecule has 2 rings (SSSR count). The maximum absolute atomic E-state index is 12.4. The van der Waals surface area contributed by atoms with E-state index in [2.05, 4.69) is 5.32 Å². The number of aryl methyl sites for hydroxylation is 2. The van der Waals surface area contributed by atoms with Crippen LogP contribution in [0.25, 0.3) is 0 Å². The van der Waals surface area contributed by atoms with E-state index in [1.54, 1.807) is 6.07 Å². The maximum atomic E-state index is 12.4. The number of benzene rings is 2. The van der Waals surface area contributed by atoms with E-state index in [0.29, 0.717) is 22.0 Å². The topological polar surface area (TPSA) is 90.3 Å². The highest BCUT2D eigenvalue weighted by Gasteiger charge is 2.21. The molecule has 0 saturated heterocycles. The molecule has 1 amide bonds. The normalized spacial score (nSPS) is 10.9. The number of carbonyl (C=O) groups excluding carboxylic acids is 1. The Morgan fingerprint density at radius 1 is 1.23 bits per heavy atom. The Morgan fingerprint density at radius 3 is 2.35 bits per heavy atom. The van der Waals surface area contributed by atoms with Gasteiger partial charge in [0.1, 0.15) is 6.54 Å². The van der Waals surface area contributed by atoms with Crippen molar-refractivity contribution in [1.29, 1.82) is 5.26 Å². The molecule has 2 aromatic carbocycles. The van der Waals surface area contributed by atoms with Crippen LogP contribution in [0, 0.1) is 25.2 Å². The summed E-state index contributed by atoms with van der Waals surface area (Å²) in [7, 11) is -3.70. The molecular formula is C18H18ClN3O3S. The van der Waals surface area contributed by atoms with Crippen molar-refractivity contribution >= 4 is 38.9 Å². The number of amides is 1. The van der Waals surface area contributed by atoms with E-state index in [4.69, 9.17) is 16.9 Å². The first-order chi connectivity index (χ1) is 12.1. The lowest BCUT2D eigenvalue weighted by molar-refractivity contribution is -0.114. The molecule has 6 nitrogen and oxygen atoms in total. The Morgan fingerprint density at radius 2 is 1.85 bits per heavy atom. The lowest BCUT2D eigenvalue weighted by Crippen LogP contribution is -2.37. The molecular weight excluding hydrogens is 374 g/mol. The summed E-state index contributed by atoms with van der Waals surface area (Å²) in [4.78, 5) is 12.4.